The van der Waals surface area contributed by atoms with Gasteiger partial charge in [-0.25, -0.2) is 0 Å². The SMILES string of the molecule is CCN(CCC#N)S(=O)(=O)N1CCCC1c1ccccc1Cl. The Balaban J connectivity index is 2.30. The highest BCUT2D eigenvalue weighted by atomic mass is 35.5. The molecule has 1 atom stereocenters. The maximum Gasteiger partial charge on any atom is 0.282 e. The van der Waals surface area contributed by atoms with Gasteiger partial charge >= 0.3 is 0 Å². The van der Waals surface area contributed by atoms with Gasteiger partial charge in [-0.1, -0.05) is 36.7 Å². The first-order valence-electron chi connectivity index (χ1n) is 7.40. The molecule has 1 aliphatic rings. The molecule has 0 spiro atoms. The van der Waals surface area contributed by atoms with E-state index in [0.717, 1.165) is 18.4 Å². The molecule has 0 aromatic heterocycles. The van der Waals surface area contributed by atoms with Crippen LogP contribution in [0.3, 0.4) is 0 Å². The fourth-order valence-electron chi connectivity index (χ4n) is 2.83. The van der Waals surface area contributed by atoms with E-state index in [1.54, 1.807) is 13.0 Å². The maximum atomic E-state index is 12.9. The van der Waals surface area contributed by atoms with Gasteiger partial charge in [-0.15, -0.1) is 0 Å². The average Bonchev–Trinajstić information content (AvgIpc) is 2.98. The molecular weight excluding hydrogens is 322 g/mol. The van der Waals surface area contributed by atoms with Crippen LogP contribution < -0.4 is 0 Å². The van der Waals surface area contributed by atoms with E-state index in [2.05, 4.69) is 0 Å². The van der Waals surface area contributed by atoms with Crippen LogP contribution in [0.15, 0.2) is 24.3 Å². The van der Waals surface area contributed by atoms with Crippen LogP contribution in [0, 0.1) is 11.3 Å². The molecule has 0 N–H and O–H groups in total. The number of hydrogen-bond acceptors (Lipinski definition) is 3. The molecule has 2 rings (SSSR count). The van der Waals surface area contributed by atoms with Crippen LogP contribution in [-0.4, -0.2) is 36.7 Å². The van der Waals surface area contributed by atoms with Crippen LogP contribution in [0.1, 0.15) is 37.8 Å². The molecule has 0 bridgehead atoms. The summed E-state index contributed by atoms with van der Waals surface area (Å²) in [7, 11) is -3.58. The number of halogens is 1. The van der Waals surface area contributed by atoms with E-state index in [1.807, 2.05) is 24.3 Å². The first kappa shape index (κ1) is 17.2. The number of nitriles is 1. The summed E-state index contributed by atoms with van der Waals surface area (Å²) in [6.07, 6.45) is 1.77. The Morgan fingerprint density at radius 3 is 2.82 bits per heavy atom. The third-order valence-corrected chi connectivity index (χ3v) is 6.38. The van der Waals surface area contributed by atoms with Crippen molar-refractivity contribution in [2.24, 2.45) is 0 Å². The Kier molecular flexibility index (Phi) is 5.81. The van der Waals surface area contributed by atoms with Crippen LogP contribution >= 0.6 is 11.6 Å². The van der Waals surface area contributed by atoms with Crippen LogP contribution in [-0.2, 0) is 10.2 Å². The quantitative estimate of drug-likeness (QED) is 0.799. The highest BCUT2D eigenvalue weighted by Crippen LogP contribution is 2.38. The first-order chi connectivity index (χ1) is 10.5. The lowest BCUT2D eigenvalue weighted by Crippen LogP contribution is -2.43. The molecule has 1 aromatic rings. The minimum atomic E-state index is -3.58. The van der Waals surface area contributed by atoms with E-state index in [9.17, 15) is 8.42 Å². The zero-order valence-electron chi connectivity index (χ0n) is 12.6. The molecule has 5 nitrogen and oxygen atoms in total. The van der Waals surface area contributed by atoms with Gasteiger partial charge in [0.15, 0.2) is 0 Å². The monoisotopic (exact) mass is 341 g/mol. The summed E-state index contributed by atoms with van der Waals surface area (Å²) in [5, 5.41) is 9.30. The Labute approximate surface area is 137 Å². The van der Waals surface area contributed by atoms with E-state index >= 15 is 0 Å². The molecule has 7 heteroatoms. The van der Waals surface area contributed by atoms with Gasteiger partial charge in [0.05, 0.1) is 12.1 Å². The molecule has 1 unspecified atom stereocenters. The third kappa shape index (κ3) is 3.44. The largest absolute Gasteiger partial charge is 0.282 e. The highest BCUT2D eigenvalue weighted by molar-refractivity contribution is 7.86. The van der Waals surface area contributed by atoms with Gasteiger partial charge in [-0.05, 0) is 24.5 Å². The third-order valence-electron chi connectivity index (χ3n) is 3.92. The standard InChI is InChI=1S/C15H20ClN3O2S/c1-2-18(11-6-10-17)22(20,21)19-12-5-9-15(19)13-7-3-4-8-14(13)16/h3-4,7-8,15H,2,5-6,9,11-12H2,1H3. The molecular formula is C15H20ClN3O2S. The second-order valence-corrected chi connectivity index (χ2v) is 7.49. The predicted molar refractivity (Wildman–Crippen MR) is 86.5 cm³/mol. The van der Waals surface area contributed by atoms with Crippen molar-refractivity contribution >= 4 is 21.8 Å². The second kappa shape index (κ2) is 7.42. The Bertz CT molecular complexity index is 657. The minimum absolute atomic E-state index is 0.192. The molecule has 1 fully saturated rings. The molecule has 1 aliphatic heterocycles. The van der Waals surface area contributed by atoms with Crippen molar-refractivity contribution in [1.29, 1.82) is 5.26 Å². The van der Waals surface area contributed by atoms with Crippen molar-refractivity contribution in [1.82, 2.24) is 8.61 Å². The van der Waals surface area contributed by atoms with Crippen molar-refractivity contribution in [2.45, 2.75) is 32.2 Å². The van der Waals surface area contributed by atoms with Gasteiger partial charge in [0.1, 0.15) is 0 Å². The summed E-state index contributed by atoms with van der Waals surface area (Å²) in [5.41, 5.74) is 0.849. The van der Waals surface area contributed by atoms with E-state index in [-0.39, 0.29) is 19.0 Å². The topological polar surface area (TPSA) is 64.4 Å². The lowest BCUT2D eigenvalue weighted by Gasteiger charge is -2.30. The fourth-order valence-corrected chi connectivity index (χ4v) is 4.94. The van der Waals surface area contributed by atoms with E-state index < -0.39 is 10.2 Å². The summed E-state index contributed by atoms with van der Waals surface area (Å²) in [5.74, 6) is 0. The smallest absolute Gasteiger partial charge is 0.198 e. The van der Waals surface area contributed by atoms with Gasteiger partial charge < -0.3 is 0 Å². The zero-order chi connectivity index (χ0) is 16.2. The Hall–Kier alpha value is -1.13. The number of nitrogens with zero attached hydrogens (tertiary/aromatic N) is 3. The van der Waals surface area contributed by atoms with Gasteiger partial charge in [-0.2, -0.15) is 22.3 Å². The average molecular weight is 342 g/mol. The molecule has 120 valence electrons. The van der Waals surface area contributed by atoms with Crippen LogP contribution in [0.5, 0.6) is 0 Å². The maximum absolute atomic E-state index is 12.9. The summed E-state index contributed by atoms with van der Waals surface area (Å²) >= 11 is 6.24. The number of benzene rings is 1. The van der Waals surface area contributed by atoms with Gasteiger partial charge in [0, 0.05) is 31.1 Å². The lowest BCUT2D eigenvalue weighted by molar-refractivity contribution is 0.335. The zero-order valence-corrected chi connectivity index (χ0v) is 14.1. The summed E-state index contributed by atoms with van der Waals surface area (Å²) in [6.45, 7) is 2.85. The molecule has 0 radical (unpaired) electrons. The second-order valence-electron chi connectivity index (χ2n) is 5.20. The summed E-state index contributed by atoms with van der Waals surface area (Å²) in [6, 6.07) is 9.15. The molecule has 1 aromatic carbocycles. The highest BCUT2D eigenvalue weighted by Gasteiger charge is 2.38. The molecule has 0 aliphatic carbocycles. The fraction of sp³-hybridized carbons (Fsp3) is 0.533. The van der Waals surface area contributed by atoms with Crippen LogP contribution in [0.2, 0.25) is 5.02 Å². The van der Waals surface area contributed by atoms with Gasteiger partial charge in [-0.3, -0.25) is 0 Å². The van der Waals surface area contributed by atoms with Crippen molar-refractivity contribution in [3.05, 3.63) is 34.9 Å². The van der Waals surface area contributed by atoms with Crippen molar-refractivity contribution in [3.8, 4) is 6.07 Å². The first-order valence-corrected chi connectivity index (χ1v) is 9.18. The Morgan fingerprint density at radius 1 is 1.45 bits per heavy atom. The molecule has 1 saturated heterocycles. The molecule has 0 amide bonds. The van der Waals surface area contributed by atoms with Crippen LogP contribution in [0.25, 0.3) is 0 Å². The summed E-state index contributed by atoms with van der Waals surface area (Å²) < 4.78 is 28.6. The van der Waals surface area contributed by atoms with E-state index in [1.165, 1.54) is 8.61 Å². The minimum Gasteiger partial charge on any atom is -0.198 e. The van der Waals surface area contributed by atoms with Crippen molar-refractivity contribution in [2.75, 3.05) is 19.6 Å². The predicted octanol–water partition coefficient (Wildman–Crippen LogP) is 2.96. The van der Waals surface area contributed by atoms with E-state index in [0.29, 0.717) is 18.1 Å². The normalized spacial score (nSPS) is 19.5. The number of rotatable bonds is 6. The lowest BCUT2D eigenvalue weighted by atomic mass is 10.1. The van der Waals surface area contributed by atoms with Gasteiger partial charge in [0.25, 0.3) is 10.2 Å². The summed E-state index contributed by atoms with van der Waals surface area (Å²) in [4.78, 5) is 0. The van der Waals surface area contributed by atoms with Gasteiger partial charge in [0.2, 0.25) is 0 Å². The molecule has 1 heterocycles. The Morgan fingerprint density at radius 2 is 2.18 bits per heavy atom. The molecule has 0 saturated carbocycles. The van der Waals surface area contributed by atoms with Crippen molar-refractivity contribution < 1.29 is 8.42 Å². The van der Waals surface area contributed by atoms with Crippen LogP contribution in [0.4, 0.5) is 0 Å². The van der Waals surface area contributed by atoms with Crippen molar-refractivity contribution in [3.63, 3.8) is 0 Å². The molecule has 22 heavy (non-hydrogen) atoms. The van der Waals surface area contributed by atoms with E-state index in [4.69, 9.17) is 16.9 Å². The number of hydrogen-bond donors (Lipinski definition) is 0.